The van der Waals surface area contributed by atoms with Gasteiger partial charge in [-0.25, -0.2) is 4.79 Å². The number of carbonyl (C=O) groups excluding carboxylic acids is 2. The molecule has 162 valence electrons. The number of hydrogen-bond acceptors (Lipinski definition) is 6. The van der Waals surface area contributed by atoms with Crippen molar-refractivity contribution in [3.8, 4) is 0 Å². The van der Waals surface area contributed by atoms with E-state index in [0.29, 0.717) is 12.8 Å². The molecule has 0 rings (SSSR count). The largest absolute Gasteiger partial charge is 0.481 e. The molecular weight excluding hydrogens is 368 g/mol. The van der Waals surface area contributed by atoms with Gasteiger partial charge in [-0.2, -0.15) is 0 Å². The molecule has 0 aliphatic heterocycles. The molecule has 0 fully saturated rings. The monoisotopic (exact) mass is 402 g/mol. The highest BCUT2D eigenvalue weighted by atomic mass is 16.5. The Bertz CT molecular complexity index is 544. The first kappa shape index (κ1) is 26.0. The van der Waals surface area contributed by atoms with E-state index >= 15 is 0 Å². The number of ketones is 1. The predicted molar refractivity (Wildman–Crippen MR) is 102 cm³/mol. The van der Waals surface area contributed by atoms with E-state index in [4.69, 9.17) is 14.9 Å². The van der Waals surface area contributed by atoms with Gasteiger partial charge in [-0.15, -0.1) is 0 Å². The summed E-state index contributed by atoms with van der Waals surface area (Å²) in [6.07, 6.45) is 2.85. The van der Waals surface area contributed by atoms with E-state index in [1.54, 1.807) is 0 Å². The molecule has 0 amide bonds. The maximum atomic E-state index is 12.0. The fourth-order valence-electron chi connectivity index (χ4n) is 3.36. The Labute approximate surface area is 166 Å². The van der Waals surface area contributed by atoms with Crippen LogP contribution < -0.4 is 0 Å². The van der Waals surface area contributed by atoms with Crippen LogP contribution in [0, 0.1) is 5.41 Å². The van der Waals surface area contributed by atoms with E-state index in [1.807, 2.05) is 0 Å². The highest BCUT2D eigenvalue weighted by molar-refractivity contribution is 5.89. The molecule has 8 nitrogen and oxygen atoms in total. The standard InChI is InChI=1S/C20H34O8/c1-5-19(6-2,7-3)11-9-8-10-15(14(4)21)28-17(24)13-20(27,18(25)26)12-16(22)23/h15,27H,5-13H2,1-4H3,(H,22,23)(H,25,26). The Balaban J connectivity index is 4.77. The van der Waals surface area contributed by atoms with Gasteiger partial charge < -0.3 is 20.1 Å². The summed E-state index contributed by atoms with van der Waals surface area (Å²) in [4.78, 5) is 45.6. The molecule has 2 unspecified atom stereocenters. The second-order valence-electron chi connectivity index (χ2n) is 7.48. The van der Waals surface area contributed by atoms with E-state index in [0.717, 1.165) is 32.1 Å². The Hall–Kier alpha value is -1.96. The average molecular weight is 402 g/mol. The summed E-state index contributed by atoms with van der Waals surface area (Å²) >= 11 is 0. The zero-order chi connectivity index (χ0) is 22.0. The molecule has 28 heavy (non-hydrogen) atoms. The Morgan fingerprint density at radius 2 is 1.46 bits per heavy atom. The molecule has 0 aromatic carbocycles. The zero-order valence-corrected chi connectivity index (χ0v) is 17.3. The van der Waals surface area contributed by atoms with E-state index < -0.39 is 42.5 Å². The van der Waals surface area contributed by atoms with Crippen molar-refractivity contribution in [1.29, 1.82) is 0 Å². The van der Waals surface area contributed by atoms with Crippen LogP contribution in [0.3, 0.4) is 0 Å². The van der Waals surface area contributed by atoms with Crippen LogP contribution in [0.25, 0.3) is 0 Å². The summed E-state index contributed by atoms with van der Waals surface area (Å²) in [6.45, 7) is 7.75. The average Bonchev–Trinajstić information content (AvgIpc) is 2.60. The molecule has 0 aliphatic rings. The molecule has 0 aliphatic carbocycles. The van der Waals surface area contributed by atoms with Crippen LogP contribution in [0.2, 0.25) is 0 Å². The summed E-state index contributed by atoms with van der Waals surface area (Å²) in [5, 5.41) is 27.6. The molecule has 0 bridgehead atoms. The van der Waals surface area contributed by atoms with E-state index in [1.165, 1.54) is 6.92 Å². The number of carboxylic acids is 2. The summed E-state index contributed by atoms with van der Waals surface area (Å²) < 4.78 is 5.05. The second kappa shape index (κ2) is 11.8. The smallest absolute Gasteiger partial charge is 0.336 e. The maximum Gasteiger partial charge on any atom is 0.336 e. The summed E-state index contributed by atoms with van der Waals surface area (Å²) in [5.74, 6) is -4.89. The molecule has 2 atom stereocenters. The van der Waals surface area contributed by atoms with Gasteiger partial charge >= 0.3 is 17.9 Å². The quantitative estimate of drug-likeness (QED) is 0.281. The minimum Gasteiger partial charge on any atom is -0.481 e. The van der Waals surface area contributed by atoms with Gasteiger partial charge in [0.05, 0.1) is 12.8 Å². The number of Topliss-reactive ketones (excluding diaryl/α,β-unsaturated/α-hetero) is 1. The van der Waals surface area contributed by atoms with Crippen LogP contribution in [0.15, 0.2) is 0 Å². The number of rotatable bonds is 15. The fourth-order valence-corrected chi connectivity index (χ4v) is 3.36. The van der Waals surface area contributed by atoms with Crippen LogP contribution in [0.4, 0.5) is 0 Å². The minimum absolute atomic E-state index is 0.275. The third-order valence-electron chi connectivity index (χ3n) is 5.68. The topological polar surface area (TPSA) is 138 Å². The third-order valence-corrected chi connectivity index (χ3v) is 5.68. The molecule has 0 spiro atoms. The number of carboxylic acid groups (broad SMARTS) is 2. The third kappa shape index (κ3) is 8.37. The molecule has 3 N–H and O–H groups in total. The van der Waals surface area contributed by atoms with Gasteiger partial charge in [0.2, 0.25) is 0 Å². The van der Waals surface area contributed by atoms with Crippen LogP contribution in [-0.2, 0) is 23.9 Å². The van der Waals surface area contributed by atoms with Gasteiger partial charge in [0.15, 0.2) is 17.5 Å². The first-order valence-electron chi connectivity index (χ1n) is 9.82. The first-order chi connectivity index (χ1) is 12.9. The highest BCUT2D eigenvalue weighted by Crippen LogP contribution is 2.36. The SMILES string of the molecule is CCC(CC)(CC)CCCCC(OC(=O)CC(O)(CC(=O)O)C(=O)O)C(C)=O. The number of esters is 1. The van der Waals surface area contributed by atoms with Crippen molar-refractivity contribution >= 4 is 23.7 Å². The van der Waals surface area contributed by atoms with Crippen LogP contribution >= 0.6 is 0 Å². The van der Waals surface area contributed by atoms with Gasteiger partial charge in [-0.05, 0) is 31.6 Å². The summed E-state index contributed by atoms with van der Waals surface area (Å²) in [5.41, 5.74) is -2.50. The van der Waals surface area contributed by atoms with Crippen molar-refractivity contribution in [3.05, 3.63) is 0 Å². The maximum absolute atomic E-state index is 12.0. The normalized spacial score (nSPS) is 14.8. The van der Waals surface area contributed by atoms with E-state index in [-0.39, 0.29) is 11.2 Å². The molecule has 0 aromatic rings. The van der Waals surface area contributed by atoms with Crippen molar-refractivity contribution in [2.45, 2.75) is 97.2 Å². The Morgan fingerprint density at radius 1 is 0.929 bits per heavy atom. The van der Waals surface area contributed by atoms with Crippen molar-refractivity contribution < 1.29 is 39.2 Å². The number of aliphatic hydroxyl groups is 1. The van der Waals surface area contributed by atoms with Gasteiger partial charge in [0.1, 0.15) is 0 Å². The molecular formula is C20H34O8. The van der Waals surface area contributed by atoms with Crippen LogP contribution in [0.5, 0.6) is 0 Å². The Morgan fingerprint density at radius 3 is 1.86 bits per heavy atom. The lowest BCUT2D eigenvalue weighted by molar-refractivity contribution is -0.174. The fraction of sp³-hybridized carbons (Fsp3) is 0.800. The van der Waals surface area contributed by atoms with Crippen molar-refractivity contribution in [1.82, 2.24) is 0 Å². The van der Waals surface area contributed by atoms with Crippen LogP contribution in [0.1, 0.15) is 85.5 Å². The number of unbranched alkanes of at least 4 members (excludes halogenated alkanes) is 1. The van der Waals surface area contributed by atoms with Gasteiger partial charge in [0, 0.05) is 0 Å². The second-order valence-corrected chi connectivity index (χ2v) is 7.48. The van der Waals surface area contributed by atoms with Crippen molar-refractivity contribution in [2.75, 3.05) is 0 Å². The summed E-state index contributed by atoms with van der Waals surface area (Å²) in [7, 11) is 0. The van der Waals surface area contributed by atoms with Gasteiger partial charge in [-0.3, -0.25) is 14.4 Å². The molecule has 0 saturated carbocycles. The predicted octanol–water partition coefficient (Wildman–Crippen LogP) is 2.94. The first-order valence-corrected chi connectivity index (χ1v) is 9.82. The Kier molecular flexibility index (Phi) is 11.0. The van der Waals surface area contributed by atoms with Crippen LogP contribution in [-0.4, -0.2) is 50.7 Å². The zero-order valence-electron chi connectivity index (χ0n) is 17.3. The van der Waals surface area contributed by atoms with E-state index in [2.05, 4.69) is 20.8 Å². The number of ether oxygens (including phenoxy) is 1. The minimum atomic E-state index is -2.77. The molecule has 0 radical (unpaired) electrons. The van der Waals surface area contributed by atoms with Gasteiger partial charge in [0.25, 0.3) is 0 Å². The lowest BCUT2D eigenvalue weighted by Crippen LogP contribution is -2.43. The van der Waals surface area contributed by atoms with Crippen molar-refractivity contribution in [2.24, 2.45) is 5.41 Å². The lowest BCUT2D eigenvalue weighted by Gasteiger charge is -2.30. The van der Waals surface area contributed by atoms with Gasteiger partial charge in [-0.1, -0.05) is 46.5 Å². The molecule has 0 aromatic heterocycles. The number of carbonyl (C=O) groups is 4. The van der Waals surface area contributed by atoms with E-state index in [9.17, 15) is 24.3 Å². The lowest BCUT2D eigenvalue weighted by atomic mass is 9.75. The molecule has 0 saturated heterocycles. The van der Waals surface area contributed by atoms with Crippen molar-refractivity contribution in [3.63, 3.8) is 0 Å². The molecule has 8 heteroatoms. The number of hydrogen-bond donors (Lipinski definition) is 3. The highest BCUT2D eigenvalue weighted by Gasteiger charge is 2.42. The summed E-state index contributed by atoms with van der Waals surface area (Å²) in [6, 6.07) is 0. The number of aliphatic carboxylic acids is 2. The molecule has 0 heterocycles.